The van der Waals surface area contributed by atoms with Crippen LogP contribution in [-0.4, -0.2) is 50.9 Å². The van der Waals surface area contributed by atoms with Crippen molar-refractivity contribution in [3.8, 4) is 5.75 Å². The first kappa shape index (κ1) is 31.1. The van der Waals surface area contributed by atoms with Gasteiger partial charge in [-0.25, -0.2) is 8.42 Å². The summed E-state index contributed by atoms with van der Waals surface area (Å²) >= 11 is 0. The van der Waals surface area contributed by atoms with Crippen LogP contribution < -0.4 is 14.4 Å². The summed E-state index contributed by atoms with van der Waals surface area (Å²) in [7, 11) is -2.53. The second kappa shape index (κ2) is 13.4. The van der Waals surface area contributed by atoms with Crippen LogP contribution in [0.5, 0.6) is 5.75 Å². The van der Waals surface area contributed by atoms with Crippen LogP contribution in [0.3, 0.4) is 0 Å². The molecule has 1 N–H and O–H groups in total. The SMILES string of the molecule is COc1ccc(CN(C(=O)CN(c2cc(C)cc(C)c2)S(=O)(=O)c2ccc(C)cc2)[C@H](C)C(=O)NC2CCCC2)cc1. The van der Waals surface area contributed by atoms with E-state index in [1.54, 1.807) is 62.6 Å². The summed E-state index contributed by atoms with van der Waals surface area (Å²) in [4.78, 5) is 29.1. The van der Waals surface area contributed by atoms with E-state index in [1.165, 1.54) is 4.90 Å². The van der Waals surface area contributed by atoms with Gasteiger partial charge in [-0.1, -0.05) is 48.7 Å². The van der Waals surface area contributed by atoms with Gasteiger partial charge in [-0.2, -0.15) is 0 Å². The molecule has 2 amide bonds. The zero-order valence-electron chi connectivity index (χ0n) is 25.1. The third-order valence-corrected chi connectivity index (χ3v) is 9.55. The van der Waals surface area contributed by atoms with Gasteiger partial charge >= 0.3 is 0 Å². The standard InChI is InChI=1S/C33H41N3O5S/c1-23-10-16-31(17-11-23)42(39,40)36(29-19-24(2)18-25(3)20-29)22-32(37)35(21-27-12-14-30(41-5)15-13-27)26(4)33(38)34-28-8-6-7-9-28/h10-20,26,28H,6-9,21-22H2,1-5H3,(H,34,38)/t26-/m1/s1. The van der Waals surface area contributed by atoms with E-state index in [4.69, 9.17) is 4.74 Å². The molecule has 0 aliphatic heterocycles. The van der Waals surface area contributed by atoms with Gasteiger partial charge in [0.15, 0.2) is 0 Å². The fourth-order valence-corrected chi connectivity index (χ4v) is 6.76. The molecule has 1 fully saturated rings. The van der Waals surface area contributed by atoms with Crippen molar-refractivity contribution in [2.75, 3.05) is 18.0 Å². The maximum atomic E-state index is 14.2. The maximum Gasteiger partial charge on any atom is 0.264 e. The van der Waals surface area contributed by atoms with Gasteiger partial charge in [0.25, 0.3) is 10.0 Å². The second-order valence-electron chi connectivity index (χ2n) is 11.2. The molecule has 1 atom stereocenters. The number of rotatable bonds is 11. The van der Waals surface area contributed by atoms with Crippen molar-refractivity contribution in [2.24, 2.45) is 0 Å². The number of amides is 2. The van der Waals surface area contributed by atoms with E-state index >= 15 is 0 Å². The molecule has 4 rings (SSSR count). The highest BCUT2D eigenvalue weighted by Gasteiger charge is 2.33. The Balaban J connectivity index is 1.70. The van der Waals surface area contributed by atoms with Gasteiger partial charge in [-0.15, -0.1) is 0 Å². The molecular weight excluding hydrogens is 550 g/mol. The van der Waals surface area contributed by atoms with Crippen molar-refractivity contribution in [1.29, 1.82) is 0 Å². The number of anilines is 1. The average molecular weight is 592 g/mol. The molecule has 3 aromatic rings. The minimum atomic E-state index is -4.11. The van der Waals surface area contributed by atoms with Crippen molar-refractivity contribution >= 4 is 27.5 Å². The van der Waals surface area contributed by atoms with Crippen LogP contribution in [0, 0.1) is 20.8 Å². The Morgan fingerprint density at radius 1 is 0.905 bits per heavy atom. The molecule has 3 aromatic carbocycles. The van der Waals surface area contributed by atoms with Crippen molar-refractivity contribution in [3.05, 3.63) is 89.0 Å². The predicted molar refractivity (Wildman–Crippen MR) is 165 cm³/mol. The van der Waals surface area contributed by atoms with E-state index in [0.717, 1.165) is 52.2 Å². The van der Waals surface area contributed by atoms with E-state index < -0.39 is 28.5 Å². The lowest BCUT2D eigenvalue weighted by atomic mass is 10.1. The predicted octanol–water partition coefficient (Wildman–Crippen LogP) is 5.29. The fourth-order valence-electron chi connectivity index (χ4n) is 5.36. The van der Waals surface area contributed by atoms with Crippen LogP contribution in [-0.2, 0) is 26.2 Å². The molecule has 0 radical (unpaired) electrons. The van der Waals surface area contributed by atoms with Crippen LogP contribution in [0.2, 0.25) is 0 Å². The first-order valence-electron chi connectivity index (χ1n) is 14.4. The van der Waals surface area contributed by atoms with Gasteiger partial charge in [-0.3, -0.25) is 13.9 Å². The Morgan fingerprint density at radius 3 is 2.07 bits per heavy atom. The number of hydrogen-bond acceptors (Lipinski definition) is 5. The monoisotopic (exact) mass is 591 g/mol. The molecule has 1 aliphatic rings. The summed E-state index contributed by atoms with van der Waals surface area (Å²) in [5.74, 6) is -0.0494. The van der Waals surface area contributed by atoms with Gasteiger partial charge in [0.05, 0.1) is 17.7 Å². The van der Waals surface area contributed by atoms with Crippen LogP contribution >= 0.6 is 0 Å². The van der Waals surface area contributed by atoms with E-state index in [2.05, 4.69) is 5.32 Å². The molecule has 224 valence electrons. The van der Waals surface area contributed by atoms with Gasteiger partial charge in [0.2, 0.25) is 11.8 Å². The Labute approximate surface area is 249 Å². The number of carbonyl (C=O) groups excluding carboxylic acids is 2. The van der Waals surface area contributed by atoms with Crippen molar-refractivity contribution in [3.63, 3.8) is 0 Å². The van der Waals surface area contributed by atoms with Crippen molar-refractivity contribution in [1.82, 2.24) is 10.2 Å². The molecule has 42 heavy (non-hydrogen) atoms. The first-order chi connectivity index (χ1) is 20.0. The highest BCUT2D eigenvalue weighted by Crippen LogP contribution is 2.27. The highest BCUT2D eigenvalue weighted by molar-refractivity contribution is 7.92. The Bertz CT molecular complexity index is 1480. The van der Waals surface area contributed by atoms with Crippen LogP contribution in [0.15, 0.2) is 71.6 Å². The summed E-state index contributed by atoms with van der Waals surface area (Å²) in [5, 5.41) is 3.09. The molecule has 0 spiro atoms. The Kier molecular flexibility index (Phi) is 9.93. The quantitative estimate of drug-likeness (QED) is 0.327. The van der Waals surface area contributed by atoms with Gasteiger partial charge in [0, 0.05) is 12.6 Å². The minimum absolute atomic E-state index is 0.0894. The number of ether oxygens (including phenoxy) is 1. The third kappa shape index (κ3) is 7.50. The highest BCUT2D eigenvalue weighted by atomic mass is 32.2. The molecule has 1 aliphatic carbocycles. The molecule has 8 nitrogen and oxygen atoms in total. The molecule has 0 heterocycles. The number of nitrogens with one attached hydrogen (secondary N) is 1. The minimum Gasteiger partial charge on any atom is -0.497 e. The molecule has 1 saturated carbocycles. The zero-order valence-corrected chi connectivity index (χ0v) is 25.9. The van der Waals surface area contributed by atoms with Crippen molar-refractivity contribution in [2.45, 2.75) is 76.9 Å². The van der Waals surface area contributed by atoms with Gasteiger partial charge < -0.3 is 15.0 Å². The lowest BCUT2D eigenvalue weighted by Gasteiger charge is -2.32. The number of aryl methyl sites for hydroxylation is 3. The number of nitrogens with zero attached hydrogens (tertiary/aromatic N) is 2. The summed E-state index contributed by atoms with van der Waals surface area (Å²) in [6.45, 7) is 7.03. The van der Waals surface area contributed by atoms with E-state index in [1.807, 2.05) is 39.0 Å². The molecular formula is C33H41N3O5S. The van der Waals surface area contributed by atoms with Crippen LogP contribution in [0.25, 0.3) is 0 Å². The Hall–Kier alpha value is -3.85. The summed E-state index contributed by atoms with van der Waals surface area (Å²) in [5.41, 5.74) is 3.87. The van der Waals surface area contributed by atoms with Gasteiger partial charge in [0.1, 0.15) is 18.3 Å². The fraction of sp³-hybridized carbons (Fsp3) is 0.394. The number of carbonyl (C=O) groups is 2. The molecule has 0 bridgehead atoms. The van der Waals surface area contributed by atoms with Crippen LogP contribution in [0.4, 0.5) is 5.69 Å². The van der Waals surface area contributed by atoms with Crippen molar-refractivity contribution < 1.29 is 22.7 Å². The summed E-state index contributed by atoms with van der Waals surface area (Å²) in [6, 6.07) is 18.6. The normalized spacial score (nSPS) is 14.3. The number of methoxy groups -OCH3 is 1. The Morgan fingerprint density at radius 2 is 1.50 bits per heavy atom. The van der Waals surface area contributed by atoms with Gasteiger partial charge in [-0.05, 0) is 93.6 Å². The second-order valence-corrected chi connectivity index (χ2v) is 13.1. The molecule has 9 heteroatoms. The topological polar surface area (TPSA) is 96.0 Å². The van der Waals surface area contributed by atoms with E-state index in [0.29, 0.717) is 11.4 Å². The largest absolute Gasteiger partial charge is 0.497 e. The molecule has 0 aromatic heterocycles. The number of hydrogen-bond donors (Lipinski definition) is 1. The third-order valence-electron chi connectivity index (χ3n) is 7.76. The van der Waals surface area contributed by atoms with E-state index in [9.17, 15) is 18.0 Å². The van der Waals surface area contributed by atoms with E-state index in [-0.39, 0.29) is 23.4 Å². The lowest BCUT2D eigenvalue weighted by Crippen LogP contribution is -2.52. The smallest absolute Gasteiger partial charge is 0.264 e. The summed E-state index contributed by atoms with van der Waals surface area (Å²) in [6.07, 6.45) is 3.96. The maximum absolute atomic E-state index is 14.2. The molecule has 0 unspecified atom stereocenters. The lowest BCUT2D eigenvalue weighted by molar-refractivity contribution is -0.139. The van der Waals surface area contributed by atoms with Crippen LogP contribution in [0.1, 0.15) is 54.9 Å². The first-order valence-corrected chi connectivity index (χ1v) is 15.8. The molecule has 0 saturated heterocycles. The average Bonchev–Trinajstić information content (AvgIpc) is 3.47. The number of sulfonamides is 1. The summed E-state index contributed by atoms with van der Waals surface area (Å²) < 4.78 is 34.5. The zero-order chi connectivity index (χ0) is 30.4. The number of benzene rings is 3.